The van der Waals surface area contributed by atoms with Crippen molar-refractivity contribution in [1.29, 1.82) is 0 Å². The summed E-state index contributed by atoms with van der Waals surface area (Å²) in [6.07, 6.45) is 3.20. The van der Waals surface area contributed by atoms with Crippen LogP contribution in [-0.2, 0) is 4.74 Å². The number of methoxy groups -OCH3 is 1. The van der Waals surface area contributed by atoms with Crippen LogP contribution in [0.15, 0.2) is 18.3 Å². The van der Waals surface area contributed by atoms with E-state index in [9.17, 15) is 0 Å². The monoisotopic (exact) mass is 240 g/mol. The smallest absolute Gasteiger partial charge is 0.131 e. The number of pyridine rings is 1. The number of hydrogen-bond acceptors (Lipinski definition) is 3. The lowest BCUT2D eigenvalue weighted by atomic mass is 9.95. The van der Waals surface area contributed by atoms with Crippen molar-refractivity contribution in [3.8, 4) is 0 Å². The molecule has 88 valence electrons. The Bertz CT molecular complexity index is 359. The van der Waals surface area contributed by atoms with E-state index in [-0.39, 0.29) is 0 Å². The largest absolute Gasteiger partial charge is 0.379 e. The third-order valence-electron chi connectivity index (χ3n) is 3.27. The molecule has 2 rings (SSSR count). The van der Waals surface area contributed by atoms with Gasteiger partial charge in [0, 0.05) is 32.1 Å². The van der Waals surface area contributed by atoms with E-state index in [0.717, 1.165) is 25.2 Å². The first-order chi connectivity index (χ1) is 7.70. The van der Waals surface area contributed by atoms with Crippen molar-refractivity contribution < 1.29 is 4.74 Å². The summed E-state index contributed by atoms with van der Waals surface area (Å²) in [7, 11) is 1.78. The number of rotatable bonds is 2. The first-order valence-electron chi connectivity index (χ1n) is 5.60. The summed E-state index contributed by atoms with van der Waals surface area (Å²) in [5.74, 6) is 0.624. The number of anilines is 1. The van der Waals surface area contributed by atoms with Crippen LogP contribution in [-0.4, -0.2) is 31.3 Å². The van der Waals surface area contributed by atoms with Gasteiger partial charge in [0.1, 0.15) is 5.15 Å². The maximum atomic E-state index is 5.89. The minimum absolute atomic E-state index is 0.306. The average molecular weight is 241 g/mol. The van der Waals surface area contributed by atoms with Gasteiger partial charge in [-0.05, 0) is 24.5 Å². The Hall–Kier alpha value is -0.800. The Morgan fingerprint density at radius 2 is 2.38 bits per heavy atom. The lowest BCUT2D eigenvalue weighted by Crippen LogP contribution is -2.43. The van der Waals surface area contributed by atoms with Crippen LogP contribution in [0.4, 0.5) is 5.69 Å². The Morgan fingerprint density at radius 3 is 3.06 bits per heavy atom. The Kier molecular flexibility index (Phi) is 3.66. The van der Waals surface area contributed by atoms with E-state index in [2.05, 4.69) is 16.8 Å². The highest BCUT2D eigenvalue weighted by atomic mass is 35.5. The Morgan fingerprint density at radius 1 is 1.56 bits per heavy atom. The van der Waals surface area contributed by atoms with Crippen molar-refractivity contribution in [2.75, 3.05) is 25.1 Å². The van der Waals surface area contributed by atoms with Gasteiger partial charge in [0.15, 0.2) is 0 Å². The van der Waals surface area contributed by atoms with Gasteiger partial charge < -0.3 is 9.64 Å². The molecule has 16 heavy (non-hydrogen) atoms. The summed E-state index contributed by atoms with van der Waals surface area (Å²) in [6, 6.07) is 3.90. The van der Waals surface area contributed by atoms with Gasteiger partial charge in [-0.2, -0.15) is 0 Å². The van der Waals surface area contributed by atoms with Crippen molar-refractivity contribution in [2.45, 2.75) is 19.4 Å². The zero-order chi connectivity index (χ0) is 11.5. The van der Waals surface area contributed by atoms with Crippen LogP contribution in [0, 0.1) is 5.92 Å². The van der Waals surface area contributed by atoms with Gasteiger partial charge >= 0.3 is 0 Å². The number of nitrogens with zero attached hydrogens (tertiary/aromatic N) is 2. The van der Waals surface area contributed by atoms with Crippen molar-refractivity contribution in [3.05, 3.63) is 23.5 Å². The van der Waals surface area contributed by atoms with Crippen molar-refractivity contribution in [2.24, 2.45) is 5.92 Å². The molecule has 2 unspecified atom stereocenters. The fourth-order valence-electron chi connectivity index (χ4n) is 2.16. The molecule has 1 aliphatic rings. The Labute approximate surface area is 101 Å². The van der Waals surface area contributed by atoms with Gasteiger partial charge in [0.2, 0.25) is 0 Å². The fraction of sp³-hybridized carbons (Fsp3) is 0.583. The summed E-state index contributed by atoms with van der Waals surface area (Å²) in [4.78, 5) is 6.30. The molecule has 0 bridgehead atoms. The van der Waals surface area contributed by atoms with E-state index in [1.54, 1.807) is 13.3 Å². The lowest BCUT2D eigenvalue weighted by molar-refractivity contribution is 0.0498. The molecule has 0 saturated carbocycles. The van der Waals surface area contributed by atoms with Crippen LogP contribution < -0.4 is 4.90 Å². The van der Waals surface area contributed by atoms with E-state index in [1.165, 1.54) is 0 Å². The predicted octanol–water partition coefficient (Wildman–Crippen LogP) is 2.60. The van der Waals surface area contributed by atoms with Crippen LogP contribution in [0.3, 0.4) is 0 Å². The number of aromatic nitrogens is 1. The van der Waals surface area contributed by atoms with E-state index in [4.69, 9.17) is 16.3 Å². The molecule has 4 heteroatoms. The highest BCUT2D eigenvalue weighted by Crippen LogP contribution is 2.25. The fourth-order valence-corrected chi connectivity index (χ4v) is 2.33. The zero-order valence-corrected chi connectivity index (χ0v) is 10.4. The molecule has 1 fully saturated rings. The zero-order valence-electron chi connectivity index (χ0n) is 9.69. The third kappa shape index (κ3) is 2.47. The summed E-state index contributed by atoms with van der Waals surface area (Å²) < 4.78 is 5.50. The quantitative estimate of drug-likeness (QED) is 0.743. The molecule has 0 spiro atoms. The van der Waals surface area contributed by atoms with Crippen molar-refractivity contribution in [3.63, 3.8) is 0 Å². The van der Waals surface area contributed by atoms with Gasteiger partial charge in [0.05, 0.1) is 6.10 Å². The lowest BCUT2D eigenvalue weighted by Gasteiger charge is -2.37. The first kappa shape index (κ1) is 11.7. The molecule has 2 atom stereocenters. The highest BCUT2D eigenvalue weighted by molar-refractivity contribution is 6.29. The van der Waals surface area contributed by atoms with Crippen molar-refractivity contribution >= 4 is 17.3 Å². The third-order valence-corrected chi connectivity index (χ3v) is 3.47. The normalized spacial score (nSPS) is 25.8. The second kappa shape index (κ2) is 5.02. The van der Waals surface area contributed by atoms with Crippen LogP contribution in [0.1, 0.15) is 13.3 Å². The molecular weight excluding hydrogens is 224 g/mol. The molecule has 2 heterocycles. The molecule has 1 aromatic heterocycles. The summed E-state index contributed by atoms with van der Waals surface area (Å²) in [6.45, 7) is 4.23. The van der Waals surface area contributed by atoms with E-state index in [0.29, 0.717) is 17.2 Å². The molecule has 0 aromatic carbocycles. The first-order valence-corrected chi connectivity index (χ1v) is 5.98. The number of piperidine rings is 1. The minimum atomic E-state index is 0.306. The van der Waals surface area contributed by atoms with Gasteiger partial charge in [-0.1, -0.05) is 18.5 Å². The minimum Gasteiger partial charge on any atom is -0.379 e. The van der Waals surface area contributed by atoms with E-state index in [1.807, 2.05) is 12.1 Å². The topological polar surface area (TPSA) is 25.4 Å². The molecule has 0 amide bonds. The van der Waals surface area contributed by atoms with Gasteiger partial charge in [-0.3, -0.25) is 0 Å². The van der Waals surface area contributed by atoms with Crippen LogP contribution in [0.25, 0.3) is 0 Å². The summed E-state index contributed by atoms with van der Waals surface area (Å²) in [5.41, 5.74) is 1.13. The van der Waals surface area contributed by atoms with Crippen LogP contribution in [0.2, 0.25) is 5.15 Å². The SMILES string of the molecule is COC1CN(c2ccnc(Cl)c2)CCC1C. The predicted molar refractivity (Wildman–Crippen MR) is 66.0 cm³/mol. The van der Waals surface area contributed by atoms with Crippen LogP contribution in [0.5, 0.6) is 0 Å². The van der Waals surface area contributed by atoms with E-state index >= 15 is 0 Å². The maximum Gasteiger partial charge on any atom is 0.131 e. The molecular formula is C12H17ClN2O. The Balaban J connectivity index is 2.11. The molecule has 1 aromatic rings. The molecule has 0 radical (unpaired) electrons. The van der Waals surface area contributed by atoms with Crippen molar-refractivity contribution in [1.82, 2.24) is 4.98 Å². The molecule has 0 aliphatic carbocycles. The van der Waals surface area contributed by atoms with Gasteiger partial charge in [-0.25, -0.2) is 4.98 Å². The van der Waals surface area contributed by atoms with Gasteiger partial charge in [-0.15, -0.1) is 0 Å². The molecule has 1 saturated heterocycles. The number of ether oxygens (including phenoxy) is 1. The molecule has 1 aliphatic heterocycles. The molecule has 0 N–H and O–H groups in total. The number of halogens is 1. The highest BCUT2D eigenvalue weighted by Gasteiger charge is 2.26. The van der Waals surface area contributed by atoms with E-state index < -0.39 is 0 Å². The maximum absolute atomic E-state index is 5.89. The van der Waals surface area contributed by atoms with Crippen LogP contribution >= 0.6 is 11.6 Å². The summed E-state index contributed by atoms with van der Waals surface area (Å²) >= 11 is 5.89. The summed E-state index contributed by atoms with van der Waals surface area (Å²) in [5, 5.41) is 0.546. The second-order valence-electron chi connectivity index (χ2n) is 4.32. The standard InChI is InChI=1S/C12H17ClN2O/c1-9-4-6-15(8-11(9)16-2)10-3-5-14-12(13)7-10/h3,5,7,9,11H,4,6,8H2,1-2H3. The second-order valence-corrected chi connectivity index (χ2v) is 4.71. The molecule has 3 nitrogen and oxygen atoms in total. The van der Waals surface area contributed by atoms with Gasteiger partial charge in [0.25, 0.3) is 0 Å². The number of hydrogen-bond donors (Lipinski definition) is 0. The average Bonchev–Trinajstić information content (AvgIpc) is 2.29.